The molecule has 382 valence electrons. The van der Waals surface area contributed by atoms with Crippen molar-refractivity contribution in [2.45, 2.75) is 5.03 Å². The van der Waals surface area contributed by atoms with E-state index in [-0.39, 0.29) is 11.5 Å². The second-order valence-electron chi connectivity index (χ2n) is 17.1. The first-order valence-corrected chi connectivity index (χ1v) is 24.7. The molecule has 26 heteroatoms. The minimum absolute atomic E-state index is 0.128. The number of aryl methyl sites for hydroxylation is 3. The van der Waals surface area contributed by atoms with Gasteiger partial charge < -0.3 is 44.0 Å². The number of hydrogen-bond acceptors (Lipinski definition) is 15. The molecule has 4 N–H and O–H groups in total. The molecule has 0 aliphatic carbocycles. The summed E-state index contributed by atoms with van der Waals surface area (Å²) in [6, 6.07) is 15.6. The second-order valence-corrected chi connectivity index (χ2v) is 17.9. The first-order chi connectivity index (χ1) is 38.0. The highest BCUT2D eigenvalue weighted by Crippen LogP contribution is 2.31. The van der Waals surface area contributed by atoms with Gasteiger partial charge in [0.15, 0.2) is 17.1 Å². The summed E-state index contributed by atoms with van der Waals surface area (Å²) in [6.07, 6.45) is 33.8. The molecule has 11 heterocycles. The Kier molecular flexibility index (Phi) is 13.1. The van der Waals surface area contributed by atoms with Crippen molar-refractivity contribution in [2.24, 2.45) is 26.9 Å². The third-order valence-corrected chi connectivity index (χ3v) is 12.6. The number of primary amides is 1. The number of nitrogens with two attached hydrogens (primary N) is 1. The number of carbonyl (C=O) groups excluding carboxylic acids is 1. The maximum Gasteiger partial charge on any atom is 0.288 e. The number of aromatic nitrogens is 19. The molecule has 1 amide bonds. The van der Waals surface area contributed by atoms with Crippen molar-refractivity contribution < 1.29 is 4.79 Å². The average Bonchev–Trinajstić information content (AvgIpc) is 4.36. The van der Waals surface area contributed by atoms with Gasteiger partial charge in [0.05, 0.1) is 66.9 Å². The van der Waals surface area contributed by atoms with Gasteiger partial charge >= 0.3 is 0 Å². The Hall–Kier alpha value is -11.3. The van der Waals surface area contributed by atoms with Crippen molar-refractivity contribution in [1.82, 2.24) is 91.5 Å². The molecule has 0 aliphatic heterocycles. The monoisotopic (exact) mass is 1050 g/mol. The highest BCUT2D eigenvalue weighted by Gasteiger charge is 2.19. The number of benzene rings is 2. The molecule has 0 spiro atoms. The van der Waals surface area contributed by atoms with Gasteiger partial charge in [-0.05, 0) is 54.8 Å². The van der Waals surface area contributed by atoms with Crippen molar-refractivity contribution in [1.29, 1.82) is 0 Å². The van der Waals surface area contributed by atoms with Crippen LogP contribution in [0.15, 0.2) is 165 Å². The fraction of sp³-hybridized carbons (Fsp3) is 0.0769. The molecule has 0 saturated heterocycles. The van der Waals surface area contributed by atoms with Gasteiger partial charge in [-0.25, -0.2) is 29.9 Å². The Balaban J connectivity index is 0.000000127. The van der Waals surface area contributed by atoms with Gasteiger partial charge in [-0.2, -0.15) is 15.3 Å². The van der Waals surface area contributed by atoms with E-state index in [1.807, 2.05) is 125 Å². The van der Waals surface area contributed by atoms with Crippen LogP contribution in [-0.4, -0.2) is 104 Å². The van der Waals surface area contributed by atoms with E-state index in [2.05, 4.69) is 75.5 Å². The van der Waals surface area contributed by atoms with E-state index in [4.69, 9.17) is 18.9 Å². The topological polar surface area (TPSA) is 256 Å². The lowest BCUT2D eigenvalue weighted by Gasteiger charge is -2.10. The number of fused-ring (bicyclic) bond motifs is 3. The number of anilines is 4. The molecule has 2 aromatic carbocycles. The Morgan fingerprint density at radius 1 is 0.551 bits per heavy atom. The second kappa shape index (κ2) is 20.9. The van der Waals surface area contributed by atoms with Crippen LogP contribution in [0.5, 0.6) is 0 Å². The molecule has 0 saturated carbocycles. The maximum atomic E-state index is 11.9. The highest BCUT2D eigenvalue weighted by molar-refractivity contribution is 7.98. The first kappa shape index (κ1) is 49.0. The Morgan fingerprint density at radius 2 is 0.974 bits per heavy atom. The highest BCUT2D eigenvalue weighted by atomic mass is 32.2. The maximum absolute atomic E-state index is 11.9. The summed E-state index contributed by atoms with van der Waals surface area (Å²) in [6.45, 7) is 14.5. The fourth-order valence-electron chi connectivity index (χ4n) is 8.28. The lowest BCUT2D eigenvalue weighted by molar-refractivity contribution is 0.0995. The van der Waals surface area contributed by atoms with Gasteiger partial charge in [0, 0.05) is 123 Å². The van der Waals surface area contributed by atoms with E-state index in [1.165, 1.54) is 11.8 Å². The van der Waals surface area contributed by atoms with Crippen LogP contribution < -0.4 is 16.4 Å². The van der Waals surface area contributed by atoms with Crippen molar-refractivity contribution in [3.05, 3.63) is 189 Å². The minimum Gasteiger partial charge on any atom is -0.364 e. The van der Waals surface area contributed by atoms with E-state index < -0.39 is 5.91 Å². The largest absolute Gasteiger partial charge is 0.364 e. The number of hydrogen-bond donors (Lipinski definition) is 3. The number of rotatable bonds is 11. The fourth-order valence-corrected chi connectivity index (χ4v) is 8.79. The molecule has 13 rings (SSSR count). The van der Waals surface area contributed by atoms with Crippen molar-refractivity contribution >= 4 is 69.3 Å². The summed E-state index contributed by atoms with van der Waals surface area (Å²) >= 11 is 1.48. The van der Waals surface area contributed by atoms with Crippen LogP contribution in [0, 0.1) is 13.1 Å². The minimum atomic E-state index is -0.624. The zero-order valence-electron chi connectivity index (χ0n) is 41.8. The SMILES string of the molecule is Cn1cc(-c2cnc3c(Nc4ccc(-n5ccnc5)cc4)nc(C(N)=O)cn23)cn1.[C-]#[N+]c1cn2c(-c3cnn(C)c3)cnc2c(Nc2ccc(-n3ccnc3)cc2)n1.[C-]#[N+]c1cn2c(-c3cnn(C)c3)cnc2c(SC)n1. The Morgan fingerprint density at radius 3 is 1.37 bits per heavy atom. The normalized spacial score (nSPS) is 10.9. The molecule has 0 bridgehead atoms. The van der Waals surface area contributed by atoms with E-state index in [1.54, 1.807) is 99.3 Å². The number of imidazole rings is 5. The Labute approximate surface area is 446 Å². The van der Waals surface area contributed by atoms with Crippen LogP contribution in [0.3, 0.4) is 0 Å². The lowest BCUT2D eigenvalue weighted by Crippen LogP contribution is -2.15. The summed E-state index contributed by atoms with van der Waals surface area (Å²) in [5.41, 5.74) is 16.5. The molecule has 0 unspecified atom stereocenters. The van der Waals surface area contributed by atoms with E-state index in [0.29, 0.717) is 28.7 Å². The zero-order valence-corrected chi connectivity index (χ0v) is 42.6. The van der Waals surface area contributed by atoms with Gasteiger partial charge in [-0.1, -0.05) is 29.9 Å². The molecule has 0 fully saturated rings. The van der Waals surface area contributed by atoms with Crippen molar-refractivity contribution in [3.63, 3.8) is 0 Å². The van der Waals surface area contributed by atoms with E-state index in [0.717, 1.165) is 67.2 Å². The van der Waals surface area contributed by atoms with Crippen LogP contribution >= 0.6 is 11.8 Å². The summed E-state index contributed by atoms with van der Waals surface area (Å²) in [5.74, 6) is 0.959. The van der Waals surface area contributed by atoms with Crippen molar-refractivity contribution in [2.75, 3.05) is 16.9 Å². The van der Waals surface area contributed by atoms with Gasteiger partial charge in [0.25, 0.3) is 23.4 Å². The molecule has 0 atom stereocenters. The third-order valence-electron chi connectivity index (χ3n) is 12.0. The van der Waals surface area contributed by atoms with Gasteiger partial charge in [-0.15, -0.1) is 4.98 Å². The Bertz CT molecular complexity index is 4350. The van der Waals surface area contributed by atoms with Gasteiger partial charge in [0.1, 0.15) is 5.69 Å². The molecular formula is C52H42N24OS. The number of amides is 1. The van der Waals surface area contributed by atoms with E-state index >= 15 is 0 Å². The standard InChI is InChI=1S/C20H17N9O.C20H15N9.C12H10N6S/c1-27-10-13(8-24-27)17-9-23-20-19(26-16(18(21)30)11-29(17)20)25-14-2-4-15(5-3-14)28-7-6-22-12-28;1-21-18-12-29-17(14-9-24-27(2)11-14)10-23-20(29)19(26-18)25-15-3-5-16(6-4-15)28-8-7-22-13-28;1-13-10-7-18-9(8-4-15-17(2)6-8)5-14-11(18)12(16-10)19-3/h2-12H,1H3,(H2,21,30)(H,25,26);3-13H,2H3,(H,25,26);4-7H,2-3H3. The van der Waals surface area contributed by atoms with Crippen LogP contribution in [0.4, 0.5) is 34.6 Å². The van der Waals surface area contributed by atoms with Gasteiger partial charge in [-0.3, -0.25) is 23.2 Å². The molecule has 0 radical (unpaired) electrons. The molecule has 13 aromatic rings. The molecule has 11 aromatic heterocycles. The van der Waals surface area contributed by atoms with Crippen LogP contribution in [0.2, 0.25) is 0 Å². The average molecular weight is 1050 g/mol. The summed E-state index contributed by atoms with van der Waals surface area (Å²) in [7, 11) is 5.56. The van der Waals surface area contributed by atoms with Crippen LogP contribution in [0.25, 0.3) is 71.8 Å². The van der Waals surface area contributed by atoms with Gasteiger partial charge in [0.2, 0.25) is 10.7 Å². The summed E-state index contributed by atoms with van der Waals surface area (Å²) in [5, 5.41) is 19.9. The summed E-state index contributed by atoms with van der Waals surface area (Å²) in [4.78, 5) is 53.4. The predicted octanol–water partition coefficient (Wildman–Crippen LogP) is 8.17. The number of nitrogens with one attached hydrogen (secondary N) is 2. The number of carbonyl (C=O) groups is 1. The quantitative estimate of drug-likeness (QED) is 0.0815. The zero-order chi connectivity index (χ0) is 53.9. The molecule has 0 aliphatic rings. The molecule has 25 nitrogen and oxygen atoms in total. The third kappa shape index (κ3) is 9.93. The number of nitrogens with zero attached hydrogens (tertiary/aromatic N) is 21. The smallest absolute Gasteiger partial charge is 0.288 e. The predicted molar refractivity (Wildman–Crippen MR) is 292 cm³/mol. The first-order valence-electron chi connectivity index (χ1n) is 23.4. The van der Waals surface area contributed by atoms with E-state index in [9.17, 15) is 4.79 Å². The lowest BCUT2D eigenvalue weighted by atomic mass is 10.2. The molecule has 78 heavy (non-hydrogen) atoms. The van der Waals surface area contributed by atoms with Crippen LogP contribution in [0.1, 0.15) is 10.5 Å². The van der Waals surface area contributed by atoms with Crippen molar-refractivity contribution in [3.8, 4) is 45.1 Å². The van der Waals surface area contributed by atoms with Crippen LogP contribution in [-0.2, 0) is 21.1 Å². The number of thioether (sulfide) groups is 1. The molecular weight excluding hydrogens is 1010 g/mol. The summed E-state index contributed by atoms with van der Waals surface area (Å²) < 4.78 is 14.5.